The Bertz CT molecular complexity index is 650. The summed E-state index contributed by atoms with van der Waals surface area (Å²) in [4.78, 5) is 11.9. The first-order valence-corrected chi connectivity index (χ1v) is 6.77. The normalized spacial score (nSPS) is 10.5. The Morgan fingerprint density at radius 3 is 2.75 bits per heavy atom. The minimum atomic E-state index is -0.246. The summed E-state index contributed by atoms with van der Waals surface area (Å²) in [5.74, 6) is 0.739. The first-order chi connectivity index (χ1) is 9.67. The van der Waals surface area contributed by atoms with Gasteiger partial charge in [0.05, 0.1) is 12.3 Å². The quantitative estimate of drug-likeness (QED) is 0.907. The number of rotatable bonds is 5. The fourth-order valence-corrected chi connectivity index (χ4v) is 2.02. The van der Waals surface area contributed by atoms with Gasteiger partial charge in [-0.25, -0.2) is 4.68 Å². The lowest BCUT2D eigenvalue weighted by molar-refractivity contribution is 0.341. The maximum absolute atomic E-state index is 11.9. The number of nitrogens with two attached hydrogens (primary N) is 1. The van der Waals surface area contributed by atoms with Crippen molar-refractivity contribution in [3.8, 4) is 17.0 Å². The molecule has 2 rings (SSSR count). The minimum absolute atomic E-state index is 0.203. The molecule has 0 saturated carbocycles. The molecule has 0 amide bonds. The third-order valence-corrected chi connectivity index (χ3v) is 2.90. The van der Waals surface area contributed by atoms with E-state index in [-0.39, 0.29) is 11.2 Å². The van der Waals surface area contributed by atoms with Crippen LogP contribution >= 0.6 is 0 Å². The van der Waals surface area contributed by atoms with Crippen molar-refractivity contribution in [2.75, 3.05) is 12.3 Å². The molecule has 1 aromatic heterocycles. The summed E-state index contributed by atoms with van der Waals surface area (Å²) in [6.45, 7) is 5.04. The number of hydrogen-bond acceptors (Lipinski definition) is 4. The van der Waals surface area contributed by atoms with Crippen LogP contribution < -0.4 is 16.0 Å². The van der Waals surface area contributed by atoms with Crippen LogP contribution in [0.15, 0.2) is 35.1 Å². The van der Waals surface area contributed by atoms with Gasteiger partial charge < -0.3 is 10.5 Å². The first-order valence-electron chi connectivity index (χ1n) is 6.77. The summed E-state index contributed by atoms with van der Waals surface area (Å²) in [6, 6.07) is 9.21. The predicted molar refractivity (Wildman–Crippen MR) is 79.8 cm³/mol. The number of benzene rings is 1. The van der Waals surface area contributed by atoms with Gasteiger partial charge in [-0.2, -0.15) is 5.10 Å². The Morgan fingerprint density at radius 2 is 2.05 bits per heavy atom. The van der Waals surface area contributed by atoms with Gasteiger partial charge in [-0.15, -0.1) is 0 Å². The van der Waals surface area contributed by atoms with Crippen LogP contribution in [0.2, 0.25) is 0 Å². The van der Waals surface area contributed by atoms with Crippen molar-refractivity contribution in [2.45, 2.75) is 26.8 Å². The Balaban J connectivity index is 2.55. The van der Waals surface area contributed by atoms with Crippen LogP contribution in [0.1, 0.15) is 20.3 Å². The van der Waals surface area contributed by atoms with Crippen LogP contribution in [-0.2, 0) is 6.54 Å². The molecule has 0 fully saturated rings. The van der Waals surface area contributed by atoms with E-state index in [4.69, 9.17) is 10.5 Å². The first kappa shape index (κ1) is 14.1. The van der Waals surface area contributed by atoms with Crippen molar-refractivity contribution in [1.82, 2.24) is 9.78 Å². The third kappa shape index (κ3) is 2.82. The second-order valence-electron chi connectivity index (χ2n) is 4.44. The molecule has 20 heavy (non-hydrogen) atoms. The number of aryl methyl sites for hydroxylation is 1. The van der Waals surface area contributed by atoms with E-state index in [1.54, 1.807) is 6.07 Å². The maximum Gasteiger partial charge on any atom is 0.289 e. The van der Waals surface area contributed by atoms with E-state index in [0.29, 0.717) is 18.8 Å². The van der Waals surface area contributed by atoms with Crippen LogP contribution in [0, 0.1) is 0 Å². The summed E-state index contributed by atoms with van der Waals surface area (Å²) in [5, 5.41) is 4.38. The van der Waals surface area contributed by atoms with E-state index in [2.05, 4.69) is 5.10 Å². The van der Waals surface area contributed by atoms with Crippen molar-refractivity contribution in [3.63, 3.8) is 0 Å². The van der Waals surface area contributed by atoms with Gasteiger partial charge >= 0.3 is 0 Å². The highest BCUT2D eigenvalue weighted by Crippen LogP contribution is 2.28. The lowest BCUT2D eigenvalue weighted by Gasteiger charge is -2.11. The molecule has 0 aliphatic rings. The van der Waals surface area contributed by atoms with E-state index in [0.717, 1.165) is 17.7 Å². The second kappa shape index (κ2) is 6.23. The smallest absolute Gasteiger partial charge is 0.289 e. The van der Waals surface area contributed by atoms with E-state index >= 15 is 0 Å². The lowest BCUT2D eigenvalue weighted by atomic mass is 10.1. The van der Waals surface area contributed by atoms with Gasteiger partial charge in [-0.1, -0.05) is 19.1 Å². The SMILES string of the molecule is CCCn1nc(-c2ccccc2OCC)cc(N)c1=O. The zero-order valence-electron chi connectivity index (χ0n) is 11.8. The summed E-state index contributed by atoms with van der Waals surface area (Å²) in [5.41, 5.74) is 7.25. The topological polar surface area (TPSA) is 70.1 Å². The number of ether oxygens (including phenoxy) is 1. The number of nitrogens with zero attached hydrogens (tertiary/aromatic N) is 2. The van der Waals surface area contributed by atoms with Gasteiger partial charge in [0.1, 0.15) is 11.4 Å². The maximum atomic E-state index is 11.9. The molecule has 1 aromatic carbocycles. The number of aromatic nitrogens is 2. The van der Waals surface area contributed by atoms with Crippen molar-refractivity contribution in [1.29, 1.82) is 0 Å². The zero-order chi connectivity index (χ0) is 14.5. The van der Waals surface area contributed by atoms with Gasteiger partial charge in [-0.3, -0.25) is 4.79 Å². The molecule has 0 saturated heterocycles. The Morgan fingerprint density at radius 1 is 1.30 bits per heavy atom. The van der Waals surface area contributed by atoms with E-state index < -0.39 is 0 Å². The molecular weight excluding hydrogens is 254 g/mol. The molecule has 2 N–H and O–H groups in total. The average molecular weight is 273 g/mol. The van der Waals surface area contributed by atoms with E-state index in [1.807, 2.05) is 38.1 Å². The second-order valence-corrected chi connectivity index (χ2v) is 4.44. The molecule has 106 valence electrons. The van der Waals surface area contributed by atoms with Crippen LogP contribution in [0.3, 0.4) is 0 Å². The van der Waals surface area contributed by atoms with Crippen molar-refractivity contribution < 1.29 is 4.74 Å². The number of hydrogen-bond donors (Lipinski definition) is 1. The molecule has 0 bridgehead atoms. The van der Waals surface area contributed by atoms with Gasteiger partial charge in [-0.05, 0) is 31.5 Å². The summed E-state index contributed by atoms with van der Waals surface area (Å²) in [7, 11) is 0. The summed E-state index contributed by atoms with van der Waals surface area (Å²) in [6.07, 6.45) is 0.822. The monoisotopic (exact) mass is 273 g/mol. The van der Waals surface area contributed by atoms with Gasteiger partial charge in [0.15, 0.2) is 0 Å². The average Bonchev–Trinajstić information content (AvgIpc) is 2.45. The third-order valence-electron chi connectivity index (χ3n) is 2.90. The Kier molecular flexibility index (Phi) is 4.40. The van der Waals surface area contributed by atoms with Gasteiger partial charge in [0.25, 0.3) is 5.56 Å². The predicted octanol–water partition coefficient (Wildman–Crippen LogP) is 2.30. The highest BCUT2D eigenvalue weighted by molar-refractivity contribution is 5.68. The molecule has 2 aromatic rings. The fraction of sp³-hybridized carbons (Fsp3) is 0.333. The van der Waals surface area contributed by atoms with Crippen molar-refractivity contribution in [3.05, 3.63) is 40.7 Å². The van der Waals surface area contributed by atoms with Gasteiger partial charge in [0.2, 0.25) is 0 Å². The number of para-hydroxylation sites is 1. The largest absolute Gasteiger partial charge is 0.493 e. The van der Waals surface area contributed by atoms with Crippen LogP contribution in [0.25, 0.3) is 11.3 Å². The van der Waals surface area contributed by atoms with E-state index in [9.17, 15) is 4.79 Å². The highest BCUT2D eigenvalue weighted by Gasteiger charge is 2.11. The number of anilines is 1. The summed E-state index contributed by atoms with van der Waals surface area (Å²) >= 11 is 0. The zero-order valence-corrected chi connectivity index (χ0v) is 11.8. The molecular formula is C15H19N3O2. The van der Waals surface area contributed by atoms with Gasteiger partial charge in [0, 0.05) is 12.1 Å². The molecule has 0 spiro atoms. The standard InChI is InChI=1S/C15H19N3O2/c1-3-9-18-15(19)12(16)10-13(17-18)11-7-5-6-8-14(11)20-4-2/h5-8,10H,3-4,9,16H2,1-2H3. The molecule has 0 aliphatic carbocycles. The molecule has 0 atom stereocenters. The Labute approximate surface area is 118 Å². The molecule has 0 unspecified atom stereocenters. The summed E-state index contributed by atoms with van der Waals surface area (Å²) < 4.78 is 7.00. The van der Waals surface area contributed by atoms with Crippen LogP contribution in [-0.4, -0.2) is 16.4 Å². The molecule has 1 heterocycles. The number of nitrogen functional groups attached to an aromatic ring is 1. The van der Waals surface area contributed by atoms with Crippen molar-refractivity contribution in [2.24, 2.45) is 0 Å². The molecule has 0 radical (unpaired) electrons. The fourth-order valence-electron chi connectivity index (χ4n) is 2.02. The van der Waals surface area contributed by atoms with Crippen LogP contribution in [0.4, 0.5) is 5.69 Å². The lowest BCUT2D eigenvalue weighted by Crippen LogP contribution is -2.25. The Hall–Kier alpha value is -2.30. The van der Waals surface area contributed by atoms with E-state index in [1.165, 1.54) is 4.68 Å². The molecule has 5 heteroatoms. The minimum Gasteiger partial charge on any atom is -0.493 e. The van der Waals surface area contributed by atoms with Crippen LogP contribution in [0.5, 0.6) is 5.75 Å². The molecule has 5 nitrogen and oxygen atoms in total. The molecule has 0 aliphatic heterocycles. The van der Waals surface area contributed by atoms with Crippen molar-refractivity contribution >= 4 is 5.69 Å². The highest BCUT2D eigenvalue weighted by atomic mass is 16.5.